The van der Waals surface area contributed by atoms with Crippen molar-refractivity contribution in [2.45, 2.75) is 77.4 Å². The smallest absolute Gasteiger partial charge is 0.410 e. The van der Waals surface area contributed by atoms with Gasteiger partial charge in [0.05, 0.1) is 42.4 Å². The van der Waals surface area contributed by atoms with Crippen molar-refractivity contribution in [3.05, 3.63) is 46.0 Å². The quantitative estimate of drug-likeness (QED) is 0.299. The van der Waals surface area contributed by atoms with Crippen LogP contribution in [0.1, 0.15) is 47.1 Å². The number of ether oxygens (including phenoxy) is 2. The molecule has 2 rings (SSSR count). The van der Waals surface area contributed by atoms with Gasteiger partial charge in [-0.25, -0.2) is 4.79 Å². The second-order valence-corrected chi connectivity index (χ2v) is 15.7. The maximum Gasteiger partial charge on any atom is 0.410 e. The van der Waals surface area contributed by atoms with Crippen LogP contribution in [-0.4, -0.2) is 61.7 Å². The summed E-state index contributed by atoms with van der Waals surface area (Å²) in [4.78, 5) is 25.5. The summed E-state index contributed by atoms with van der Waals surface area (Å²) in [6, 6.07) is 6.24. The number of amides is 1. The number of carbonyl (C=O) groups excluding carboxylic acids is 1. The van der Waals surface area contributed by atoms with Crippen LogP contribution in [0.15, 0.2) is 30.3 Å². The molecule has 33 heavy (non-hydrogen) atoms. The van der Waals surface area contributed by atoms with Gasteiger partial charge in [-0.2, -0.15) is 0 Å². The van der Waals surface area contributed by atoms with Crippen LogP contribution < -0.4 is 0 Å². The Morgan fingerprint density at radius 3 is 2.45 bits per heavy atom. The monoisotopic (exact) mass is 478 g/mol. The highest BCUT2D eigenvalue weighted by molar-refractivity contribution is 6.74. The SMILES string of the molecule is CC(C)(C)OC(=O)N1C[C@@H](/C=C\c2ccccc2[N+](=O)[O-])OC[C@H]1CO[Si](C)(C)C(C)(C)C. The van der Waals surface area contributed by atoms with Gasteiger partial charge in [0.1, 0.15) is 5.60 Å². The fourth-order valence-corrected chi connectivity index (χ4v) is 4.09. The maximum absolute atomic E-state index is 13.0. The molecule has 1 saturated heterocycles. The molecule has 0 aromatic heterocycles. The Morgan fingerprint density at radius 1 is 1.24 bits per heavy atom. The van der Waals surface area contributed by atoms with Gasteiger partial charge in [0.25, 0.3) is 5.69 Å². The fourth-order valence-electron chi connectivity index (χ4n) is 3.05. The van der Waals surface area contributed by atoms with Gasteiger partial charge in [0.2, 0.25) is 0 Å². The fraction of sp³-hybridized carbons (Fsp3) is 0.625. The molecule has 1 aromatic carbocycles. The average molecular weight is 479 g/mol. The molecule has 0 radical (unpaired) electrons. The van der Waals surface area contributed by atoms with E-state index in [1.807, 2.05) is 20.8 Å². The minimum absolute atomic E-state index is 0.0224. The molecule has 8 nitrogen and oxygen atoms in total. The van der Waals surface area contributed by atoms with Crippen molar-refractivity contribution in [2.24, 2.45) is 0 Å². The predicted molar refractivity (Wildman–Crippen MR) is 132 cm³/mol. The molecule has 1 heterocycles. The first-order valence-electron chi connectivity index (χ1n) is 11.3. The van der Waals surface area contributed by atoms with E-state index >= 15 is 0 Å². The molecule has 184 valence electrons. The Bertz CT molecular complexity index is 872. The number of carbonyl (C=O) groups is 1. The second kappa shape index (κ2) is 10.4. The molecule has 1 aromatic rings. The van der Waals surface area contributed by atoms with Gasteiger partial charge in [0, 0.05) is 6.07 Å². The molecule has 0 spiro atoms. The normalized spacial score (nSPS) is 20.2. The summed E-state index contributed by atoms with van der Waals surface area (Å²) in [6.45, 7) is 17.3. The molecule has 0 saturated carbocycles. The van der Waals surface area contributed by atoms with Crippen molar-refractivity contribution in [3.8, 4) is 0 Å². The molecule has 0 unspecified atom stereocenters. The molecular formula is C24H38N2O6Si. The molecule has 0 aliphatic carbocycles. The summed E-state index contributed by atoms with van der Waals surface area (Å²) in [6.07, 6.45) is 2.59. The zero-order valence-electron chi connectivity index (χ0n) is 21.1. The number of rotatable bonds is 6. The highest BCUT2D eigenvalue weighted by Gasteiger charge is 2.40. The summed E-state index contributed by atoms with van der Waals surface area (Å²) < 4.78 is 18.0. The number of morpholine rings is 1. The number of nitro groups is 1. The first kappa shape index (κ1) is 27.0. The standard InChI is InChI=1S/C24H38N2O6Si/c1-23(2,3)32-22(27)25-15-20(14-13-18-11-9-10-12-21(18)26(28)29)30-16-19(25)17-31-33(7,8)24(4,5)6/h9-14,19-20H,15-17H2,1-8H3/b14-13-/t19-,20+/m0/s1. The maximum atomic E-state index is 13.0. The third-order valence-electron chi connectivity index (χ3n) is 6.01. The molecule has 1 aliphatic rings. The molecule has 9 heteroatoms. The molecule has 2 atom stereocenters. The molecular weight excluding hydrogens is 440 g/mol. The number of nitro benzene ring substituents is 1. The zero-order valence-corrected chi connectivity index (χ0v) is 22.1. The first-order valence-corrected chi connectivity index (χ1v) is 14.2. The summed E-state index contributed by atoms with van der Waals surface area (Å²) in [5, 5.41) is 11.3. The summed E-state index contributed by atoms with van der Waals surface area (Å²) in [7, 11) is -2.01. The molecule has 1 fully saturated rings. The molecule has 1 aliphatic heterocycles. The van der Waals surface area contributed by atoms with Gasteiger partial charge in [-0.05, 0) is 51.0 Å². The van der Waals surface area contributed by atoms with E-state index in [1.165, 1.54) is 6.07 Å². The van der Waals surface area contributed by atoms with Gasteiger partial charge in [-0.3, -0.25) is 15.0 Å². The lowest BCUT2D eigenvalue weighted by atomic mass is 10.1. The molecule has 0 bridgehead atoms. The van der Waals surface area contributed by atoms with Crippen molar-refractivity contribution < 1.29 is 23.6 Å². The van der Waals surface area contributed by atoms with Crippen LogP contribution in [0.25, 0.3) is 6.08 Å². The van der Waals surface area contributed by atoms with Gasteiger partial charge in [-0.15, -0.1) is 0 Å². The van der Waals surface area contributed by atoms with Crippen molar-refractivity contribution in [1.82, 2.24) is 4.90 Å². The second-order valence-electron chi connectivity index (χ2n) is 10.9. The van der Waals surface area contributed by atoms with Crippen LogP contribution in [0.3, 0.4) is 0 Å². The molecule has 1 amide bonds. The van der Waals surface area contributed by atoms with E-state index in [0.717, 1.165) is 0 Å². The van der Waals surface area contributed by atoms with E-state index in [9.17, 15) is 14.9 Å². The Morgan fingerprint density at radius 2 is 1.88 bits per heavy atom. The number of nitrogens with zero attached hydrogens (tertiary/aromatic N) is 2. The lowest BCUT2D eigenvalue weighted by molar-refractivity contribution is -0.385. The van der Waals surface area contributed by atoms with Crippen molar-refractivity contribution in [1.29, 1.82) is 0 Å². The Hall–Kier alpha value is -2.23. The summed E-state index contributed by atoms with van der Waals surface area (Å²) in [5.74, 6) is 0. The first-order chi connectivity index (χ1) is 15.1. The van der Waals surface area contributed by atoms with Gasteiger partial charge < -0.3 is 13.9 Å². The van der Waals surface area contributed by atoms with Gasteiger partial charge in [-0.1, -0.05) is 39.0 Å². The summed E-state index contributed by atoms with van der Waals surface area (Å²) in [5.41, 5.74) is -0.122. The van der Waals surface area contributed by atoms with Crippen molar-refractivity contribution in [2.75, 3.05) is 19.8 Å². The van der Waals surface area contributed by atoms with E-state index in [2.05, 4.69) is 33.9 Å². The lowest BCUT2D eigenvalue weighted by Gasteiger charge is -2.42. The van der Waals surface area contributed by atoms with Crippen LogP contribution in [0, 0.1) is 10.1 Å². The minimum Gasteiger partial charge on any atom is -0.444 e. The number of benzene rings is 1. The minimum atomic E-state index is -2.01. The van der Waals surface area contributed by atoms with E-state index in [0.29, 0.717) is 18.8 Å². The van der Waals surface area contributed by atoms with Crippen LogP contribution in [0.2, 0.25) is 18.1 Å². The highest BCUT2D eigenvalue weighted by atomic mass is 28.4. The van der Waals surface area contributed by atoms with E-state index in [1.54, 1.807) is 35.3 Å². The predicted octanol–water partition coefficient (Wildman–Crippen LogP) is 5.63. The topological polar surface area (TPSA) is 91.1 Å². The highest BCUT2D eigenvalue weighted by Crippen LogP contribution is 2.37. The number of hydrogen-bond donors (Lipinski definition) is 0. The van der Waals surface area contributed by atoms with Gasteiger partial charge in [0.15, 0.2) is 8.32 Å². The summed E-state index contributed by atoms with van der Waals surface area (Å²) >= 11 is 0. The Balaban J connectivity index is 2.18. The number of para-hydroxylation sites is 1. The number of hydrogen-bond acceptors (Lipinski definition) is 6. The Kier molecular flexibility index (Phi) is 8.48. The van der Waals surface area contributed by atoms with Crippen molar-refractivity contribution >= 4 is 26.2 Å². The lowest BCUT2D eigenvalue weighted by Crippen LogP contribution is -2.56. The van der Waals surface area contributed by atoms with E-state index < -0.39 is 31.0 Å². The largest absolute Gasteiger partial charge is 0.444 e. The Labute approximate surface area is 198 Å². The van der Waals surface area contributed by atoms with Crippen molar-refractivity contribution in [3.63, 3.8) is 0 Å². The van der Waals surface area contributed by atoms with E-state index in [4.69, 9.17) is 13.9 Å². The zero-order chi connectivity index (χ0) is 25.0. The van der Waals surface area contributed by atoms with E-state index in [-0.39, 0.29) is 23.3 Å². The van der Waals surface area contributed by atoms with Gasteiger partial charge >= 0.3 is 6.09 Å². The van der Waals surface area contributed by atoms with Crippen LogP contribution in [0.4, 0.5) is 10.5 Å². The third-order valence-corrected chi connectivity index (χ3v) is 10.5. The van der Waals surface area contributed by atoms with Crippen LogP contribution in [-0.2, 0) is 13.9 Å². The van der Waals surface area contributed by atoms with Crippen LogP contribution >= 0.6 is 0 Å². The third kappa shape index (κ3) is 7.65. The molecule has 0 N–H and O–H groups in total. The van der Waals surface area contributed by atoms with Crippen LogP contribution in [0.5, 0.6) is 0 Å². The average Bonchev–Trinajstić information content (AvgIpc) is 2.69.